The second-order valence-corrected chi connectivity index (χ2v) is 5.55. The molecule has 2 aromatic rings. The van der Waals surface area contributed by atoms with E-state index in [1.54, 1.807) is 0 Å². The van der Waals surface area contributed by atoms with E-state index in [2.05, 4.69) is 36.5 Å². The standard InChI is InChI=1S/C16H22ClN3/c1-4-9-18-16(14-11-20(3)19-12(14)2)10-13-7-5-6-8-15(13)17/h5-8,11,16,18H,4,9-10H2,1-3H3. The molecule has 1 heterocycles. The molecule has 1 unspecified atom stereocenters. The van der Waals surface area contributed by atoms with Gasteiger partial charge in [0.1, 0.15) is 0 Å². The van der Waals surface area contributed by atoms with E-state index in [9.17, 15) is 0 Å². The topological polar surface area (TPSA) is 29.9 Å². The Morgan fingerprint density at radius 1 is 1.35 bits per heavy atom. The van der Waals surface area contributed by atoms with Gasteiger partial charge in [0, 0.05) is 29.9 Å². The van der Waals surface area contributed by atoms with Crippen molar-refractivity contribution in [3.8, 4) is 0 Å². The van der Waals surface area contributed by atoms with Crippen molar-refractivity contribution in [1.82, 2.24) is 15.1 Å². The van der Waals surface area contributed by atoms with Gasteiger partial charge >= 0.3 is 0 Å². The third-order valence-electron chi connectivity index (χ3n) is 3.45. The molecule has 1 N–H and O–H groups in total. The number of aryl methyl sites for hydroxylation is 2. The summed E-state index contributed by atoms with van der Waals surface area (Å²) in [6.07, 6.45) is 4.09. The quantitative estimate of drug-likeness (QED) is 0.880. The molecule has 20 heavy (non-hydrogen) atoms. The second kappa shape index (κ2) is 6.91. The lowest BCUT2D eigenvalue weighted by molar-refractivity contribution is 0.527. The van der Waals surface area contributed by atoms with E-state index in [4.69, 9.17) is 11.6 Å². The van der Waals surface area contributed by atoms with Gasteiger partial charge in [-0.25, -0.2) is 0 Å². The summed E-state index contributed by atoms with van der Waals surface area (Å²) in [6, 6.07) is 8.30. The van der Waals surface area contributed by atoms with Gasteiger partial charge in [0.25, 0.3) is 0 Å². The molecule has 2 rings (SSSR count). The highest BCUT2D eigenvalue weighted by molar-refractivity contribution is 6.31. The van der Waals surface area contributed by atoms with Crippen LogP contribution in [0.1, 0.15) is 36.2 Å². The van der Waals surface area contributed by atoms with Crippen molar-refractivity contribution in [1.29, 1.82) is 0 Å². The van der Waals surface area contributed by atoms with E-state index in [1.807, 2.05) is 29.9 Å². The third-order valence-corrected chi connectivity index (χ3v) is 3.82. The van der Waals surface area contributed by atoms with E-state index in [-0.39, 0.29) is 6.04 Å². The van der Waals surface area contributed by atoms with Crippen LogP contribution >= 0.6 is 11.6 Å². The van der Waals surface area contributed by atoms with Gasteiger partial charge in [-0.05, 0) is 37.9 Å². The first-order valence-corrected chi connectivity index (χ1v) is 7.46. The Morgan fingerprint density at radius 2 is 2.10 bits per heavy atom. The summed E-state index contributed by atoms with van der Waals surface area (Å²) < 4.78 is 1.87. The van der Waals surface area contributed by atoms with Crippen molar-refractivity contribution in [3.05, 3.63) is 52.3 Å². The fourth-order valence-electron chi connectivity index (χ4n) is 2.45. The van der Waals surface area contributed by atoms with Crippen LogP contribution in [0.2, 0.25) is 5.02 Å². The van der Waals surface area contributed by atoms with Crippen LogP contribution in [0, 0.1) is 6.92 Å². The maximum absolute atomic E-state index is 6.29. The van der Waals surface area contributed by atoms with Crippen molar-refractivity contribution < 1.29 is 0 Å². The fourth-order valence-corrected chi connectivity index (χ4v) is 2.67. The molecule has 108 valence electrons. The lowest BCUT2D eigenvalue weighted by Crippen LogP contribution is -2.24. The summed E-state index contributed by atoms with van der Waals surface area (Å²) in [4.78, 5) is 0. The van der Waals surface area contributed by atoms with Crippen molar-refractivity contribution in [3.63, 3.8) is 0 Å². The average Bonchev–Trinajstić information content (AvgIpc) is 2.75. The largest absolute Gasteiger partial charge is 0.310 e. The number of hydrogen-bond acceptors (Lipinski definition) is 2. The Morgan fingerprint density at radius 3 is 2.70 bits per heavy atom. The number of benzene rings is 1. The molecule has 0 aliphatic carbocycles. The molecule has 0 saturated heterocycles. The fraction of sp³-hybridized carbons (Fsp3) is 0.438. The number of nitrogens with zero attached hydrogens (tertiary/aromatic N) is 2. The summed E-state index contributed by atoms with van der Waals surface area (Å²) in [5, 5.41) is 8.88. The Hall–Kier alpha value is -1.32. The Bertz CT molecular complexity index is 563. The maximum atomic E-state index is 6.29. The number of rotatable bonds is 6. The van der Waals surface area contributed by atoms with E-state index in [0.29, 0.717) is 0 Å². The van der Waals surface area contributed by atoms with Crippen molar-refractivity contribution >= 4 is 11.6 Å². The monoisotopic (exact) mass is 291 g/mol. The van der Waals surface area contributed by atoms with Gasteiger partial charge in [0.05, 0.1) is 5.69 Å². The minimum absolute atomic E-state index is 0.253. The Balaban J connectivity index is 2.24. The predicted molar refractivity (Wildman–Crippen MR) is 84.1 cm³/mol. The summed E-state index contributed by atoms with van der Waals surface area (Å²) in [5.74, 6) is 0. The highest BCUT2D eigenvalue weighted by Gasteiger charge is 2.17. The molecule has 1 atom stereocenters. The average molecular weight is 292 g/mol. The van der Waals surface area contributed by atoms with Gasteiger partial charge < -0.3 is 5.32 Å². The van der Waals surface area contributed by atoms with Crippen LogP contribution in [0.15, 0.2) is 30.5 Å². The van der Waals surface area contributed by atoms with Crippen LogP contribution in [0.4, 0.5) is 0 Å². The van der Waals surface area contributed by atoms with Gasteiger partial charge in [-0.2, -0.15) is 5.10 Å². The SMILES string of the molecule is CCCNC(Cc1ccccc1Cl)c1cn(C)nc1C. The molecule has 0 saturated carbocycles. The van der Waals surface area contributed by atoms with E-state index in [0.717, 1.165) is 30.1 Å². The lowest BCUT2D eigenvalue weighted by Gasteiger charge is -2.19. The first-order chi connectivity index (χ1) is 9.61. The zero-order chi connectivity index (χ0) is 14.5. The van der Waals surface area contributed by atoms with Gasteiger partial charge in [0.15, 0.2) is 0 Å². The summed E-state index contributed by atoms with van der Waals surface area (Å²) in [5.41, 5.74) is 3.50. The second-order valence-electron chi connectivity index (χ2n) is 5.15. The summed E-state index contributed by atoms with van der Waals surface area (Å²) in [6.45, 7) is 5.22. The van der Waals surface area contributed by atoms with Gasteiger partial charge in [-0.3, -0.25) is 4.68 Å². The molecule has 3 nitrogen and oxygen atoms in total. The van der Waals surface area contributed by atoms with E-state index >= 15 is 0 Å². The van der Waals surface area contributed by atoms with Gasteiger partial charge in [-0.1, -0.05) is 36.7 Å². The smallest absolute Gasteiger partial charge is 0.0641 e. The molecule has 1 aromatic carbocycles. The molecule has 0 aliphatic heterocycles. The van der Waals surface area contributed by atoms with Crippen LogP contribution < -0.4 is 5.32 Å². The molecule has 0 bridgehead atoms. The van der Waals surface area contributed by atoms with Gasteiger partial charge in [0.2, 0.25) is 0 Å². The Labute approximate surface area is 126 Å². The minimum atomic E-state index is 0.253. The van der Waals surface area contributed by atoms with E-state index < -0.39 is 0 Å². The van der Waals surface area contributed by atoms with Gasteiger partial charge in [-0.15, -0.1) is 0 Å². The number of nitrogens with one attached hydrogen (secondary N) is 1. The van der Waals surface area contributed by atoms with Crippen LogP contribution in [0.25, 0.3) is 0 Å². The number of halogens is 1. The molecule has 0 spiro atoms. The highest BCUT2D eigenvalue weighted by Crippen LogP contribution is 2.25. The first kappa shape index (κ1) is 15.1. The molecule has 0 aliphatic rings. The van der Waals surface area contributed by atoms with Crippen molar-refractivity contribution in [2.24, 2.45) is 7.05 Å². The molecule has 0 amide bonds. The number of hydrogen-bond donors (Lipinski definition) is 1. The molecular weight excluding hydrogens is 270 g/mol. The summed E-state index contributed by atoms with van der Waals surface area (Å²) >= 11 is 6.29. The van der Waals surface area contributed by atoms with Crippen LogP contribution in [-0.4, -0.2) is 16.3 Å². The third kappa shape index (κ3) is 3.62. The maximum Gasteiger partial charge on any atom is 0.0641 e. The zero-order valence-corrected chi connectivity index (χ0v) is 13.1. The van der Waals surface area contributed by atoms with Crippen LogP contribution in [0.5, 0.6) is 0 Å². The molecule has 4 heteroatoms. The minimum Gasteiger partial charge on any atom is -0.310 e. The summed E-state index contributed by atoms with van der Waals surface area (Å²) in [7, 11) is 1.96. The molecule has 0 radical (unpaired) electrons. The van der Waals surface area contributed by atoms with Crippen molar-refractivity contribution in [2.75, 3.05) is 6.54 Å². The van der Waals surface area contributed by atoms with Crippen LogP contribution in [-0.2, 0) is 13.5 Å². The van der Waals surface area contributed by atoms with Crippen molar-refractivity contribution in [2.45, 2.75) is 32.7 Å². The molecular formula is C16H22ClN3. The molecule has 0 fully saturated rings. The first-order valence-electron chi connectivity index (χ1n) is 7.08. The Kier molecular flexibility index (Phi) is 5.21. The highest BCUT2D eigenvalue weighted by atomic mass is 35.5. The van der Waals surface area contributed by atoms with E-state index in [1.165, 1.54) is 11.1 Å². The molecule has 1 aromatic heterocycles. The predicted octanol–water partition coefficient (Wildman–Crippen LogP) is 3.67. The normalized spacial score (nSPS) is 12.6. The zero-order valence-electron chi connectivity index (χ0n) is 12.4. The van der Waals surface area contributed by atoms with Crippen LogP contribution in [0.3, 0.4) is 0 Å². The number of aromatic nitrogens is 2. The lowest BCUT2D eigenvalue weighted by atomic mass is 9.99.